The van der Waals surface area contributed by atoms with Crippen molar-refractivity contribution in [3.63, 3.8) is 0 Å². The smallest absolute Gasteiger partial charge is 0.260 e. The zero-order valence-electron chi connectivity index (χ0n) is 12.2. The zero-order valence-corrected chi connectivity index (χ0v) is 13.8. The highest BCUT2D eigenvalue weighted by Gasteiger charge is 2.34. The molecular formula is C12H20N4O4S2. The predicted octanol–water partition coefficient (Wildman–Crippen LogP) is -0.707. The predicted molar refractivity (Wildman–Crippen MR) is 80.6 cm³/mol. The molecule has 1 aromatic rings. The molecule has 8 nitrogen and oxygen atoms in total. The van der Waals surface area contributed by atoms with Crippen LogP contribution in [0.3, 0.4) is 0 Å². The van der Waals surface area contributed by atoms with Gasteiger partial charge in [-0.15, -0.1) is 0 Å². The van der Waals surface area contributed by atoms with Crippen molar-refractivity contribution < 1.29 is 16.8 Å². The summed E-state index contributed by atoms with van der Waals surface area (Å²) in [6.07, 6.45) is 3.96. The van der Waals surface area contributed by atoms with Crippen molar-refractivity contribution >= 4 is 19.9 Å². The third-order valence-corrected chi connectivity index (χ3v) is 7.94. The summed E-state index contributed by atoms with van der Waals surface area (Å²) in [6, 6.07) is 0.250. The van der Waals surface area contributed by atoms with E-state index >= 15 is 0 Å². The maximum absolute atomic E-state index is 12.4. The van der Waals surface area contributed by atoms with Gasteiger partial charge in [0, 0.05) is 32.2 Å². The summed E-state index contributed by atoms with van der Waals surface area (Å²) < 4.78 is 49.2. The number of piperazine rings is 1. The molecule has 1 aromatic heterocycles. The van der Waals surface area contributed by atoms with Gasteiger partial charge in [-0.05, 0) is 12.8 Å². The van der Waals surface area contributed by atoms with Crippen molar-refractivity contribution in [2.75, 3.05) is 37.7 Å². The third-order valence-electron chi connectivity index (χ3n) is 4.40. The minimum Gasteiger partial charge on any atom is -0.335 e. The van der Waals surface area contributed by atoms with Gasteiger partial charge in [-0.1, -0.05) is 0 Å². The number of aromatic amines is 1. The molecule has 124 valence electrons. The second-order valence-corrected chi connectivity index (χ2v) is 9.95. The molecule has 3 rings (SSSR count). The number of nitrogens with one attached hydrogen (secondary N) is 1. The molecule has 0 atom stereocenters. The number of H-pyrrole nitrogens is 1. The summed E-state index contributed by atoms with van der Waals surface area (Å²) in [4.78, 5) is 8.61. The molecule has 0 unspecified atom stereocenters. The van der Waals surface area contributed by atoms with Crippen LogP contribution in [0.5, 0.6) is 0 Å². The first-order valence-electron chi connectivity index (χ1n) is 7.31. The molecule has 2 aliphatic rings. The van der Waals surface area contributed by atoms with Crippen LogP contribution in [0.4, 0.5) is 0 Å². The van der Waals surface area contributed by atoms with Crippen LogP contribution in [0.25, 0.3) is 0 Å². The van der Waals surface area contributed by atoms with Crippen molar-refractivity contribution in [2.45, 2.75) is 23.9 Å². The number of rotatable bonds is 3. The Balaban J connectivity index is 1.59. The highest BCUT2D eigenvalue weighted by Crippen LogP contribution is 2.21. The van der Waals surface area contributed by atoms with Crippen molar-refractivity contribution in [1.29, 1.82) is 0 Å². The summed E-state index contributed by atoms with van der Waals surface area (Å²) in [5, 5.41) is 0.115. The van der Waals surface area contributed by atoms with Crippen LogP contribution in [-0.2, 0) is 19.9 Å². The number of aromatic nitrogens is 2. The summed E-state index contributed by atoms with van der Waals surface area (Å²) in [7, 11) is -6.36. The SMILES string of the molecule is O=S1(=O)CCC(N2CCN(S(=O)(=O)c3cnc[nH]3)CC2)CC1. The average molecular weight is 348 g/mol. The van der Waals surface area contributed by atoms with E-state index < -0.39 is 19.9 Å². The molecule has 0 spiro atoms. The minimum absolute atomic E-state index is 0.115. The Morgan fingerprint density at radius 2 is 1.77 bits per heavy atom. The van der Waals surface area contributed by atoms with Gasteiger partial charge in [0.2, 0.25) is 0 Å². The fourth-order valence-electron chi connectivity index (χ4n) is 3.08. The summed E-state index contributed by atoms with van der Waals surface area (Å²) in [6.45, 7) is 2.12. The Kier molecular flexibility index (Phi) is 4.27. The van der Waals surface area contributed by atoms with E-state index in [-0.39, 0.29) is 22.6 Å². The highest BCUT2D eigenvalue weighted by atomic mass is 32.2. The number of imidazole rings is 1. The molecule has 0 saturated carbocycles. The molecule has 2 aliphatic heterocycles. The standard InChI is InChI=1S/C12H20N4O4S2/c17-21(18)7-1-11(2-8-21)15-3-5-16(6-4-15)22(19,20)12-9-13-10-14-12/h9-11H,1-8H2,(H,13,14). The molecule has 0 amide bonds. The van der Waals surface area contributed by atoms with Crippen LogP contribution >= 0.6 is 0 Å². The average Bonchev–Trinajstić information content (AvgIpc) is 3.02. The van der Waals surface area contributed by atoms with Crippen LogP contribution in [0.15, 0.2) is 17.6 Å². The van der Waals surface area contributed by atoms with Crippen LogP contribution in [0.2, 0.25) is 0 Å². The first-order valence-corrected chi connectivity index (χ1v) is 10.6. The molecule has 0 aliphatic carbocycles. The van der Waals surface area contributed by atoms with Crippen molar-refractivity contribution in [2.24, 2.45) is 0 Å². The molecule has 2 fully saturated rings. The Morgan fingerprint density at radius 1 is 1.14 bits per heavy atom. The number of hydrogen-bond donors (Lipinski definition) is 1. The van der Waals surface area contributed by atoms with Gasteiger partial charge in [0.25, 0.3) is 10.0 Å². The van der Waals surface area contributed by atoms with E-state index in [0.29, 0.717) is 39.0 Å². The molecule has 0 aromatic carbocycles. The van der Waals surface area contributed by atoms with E-state index in [9.17, 15) is 16.8 Å². The fourth-order valence-corrected chi connectivity index (χ4v) is 5.86. The lowest BCUT2D eigenvalue weighted by Gasteiger charge is -2.39. The van der Waals surface area contributed by atoms with Crippen LogP contribution in [-0.4, -0.2) is 79.7 Å². The summed E-state index contributed by atoms with van der Waals surface area (Å²) in [5.41, 5.74) is 0. The lowest BCUT2D eigenvalue weighted by molar-refractivity contribution is 0.129. The topological polar surface area (TPSA) is 103 Å². The van der Waals surface area contributed by atoms with Crippen LogP contribution in [0, 0.1) is 0 Å². The van der Waals surface area contributed by atoms with Crippen molar-refractivity contribution in [1.82, 2.24) is 19.2 Å². The van der Waals surface area contributed by atoms with Gasteiger partial charge >= 0.3 is 0 Å². The molecule has 2 saturated heterocycles. The molecule has 1 N–H and O–H groups in total. The number of sulfonamides is 1. The maximum atomic E-state index is 12.4. The quantitative estimate of drug-likeness (QED) is 0.774. The van der Waals surface area contributed by atoms with Crippen molar-refractivity contribution in [3.05, 3.63) is 12.5 Å². The van der Waals surface area contributed by atoms with E-state index in [1.54, 1.807) is 0 Å². The molecule has 10 heteroatoms. The van der Waals surface area contributed by atoms with E-state index in [4.69, 9.17) is 0 Å². The third kappa shape index (κ3) is 3.19. The fraction of sp³-hybridized carbons (Fsp3) is 0.750. The second-order valence-electron chi connectivity index (χ2n) is 5.74. The maximum Gasteiger partial charge on any atom is 0.260 e. The number of nitrogens with zero attached hydrogens (tertiary/aromatic N) is 3. The normalized spacial score (nSPS) is 25.3. The van der Waals surface area contributed by atoms with Crippen molar-refractivity contribution in [3.8, 4) is 0 Å². The molecule has 3 heterocycles. The Labute approximate surface area is 130 Å². The van der Waals surface area contributed by atoms with E-state index in [0.717, 1.165) is 0 Å². The minimum atomic E-state index is -3.50. The Morgan fingerprint density at radius 3 is 2.32 bits per heavy atom. The molecule has 0 bridgehead atoms. The lowest BCUT2D eigenvalue weighted by Crippen LogP contribution is -2.53. The van der Waals surface area contributed by atoms with E-state index in [1.165, 1.54) is 16.8 Å². The van der Waals surface area contributed by atoms with Gasteiger partial charge < -0.3 is 4.98 Å². The number of hydrogen-bond acceptors (Lipinski definition) is 6. The Hall–Kier alpha value is -0.970. The van der Waals surface area contributed by atoms with Gasteiger partial charge in [-0.3, -0.25) is 4.90 Å². The first kappa shape index (κ1) is 15.9. The van der Waals surface area contributed by atoms with E-state index in [2.05, 4.69) is 14.9 Å². The summed E-state index contributed by atoms with van der Waals surface area (Å²) in [5.74, 6) is 0.481. The van der Waals surface area contributed by atoms with Crippen LogP contribution < -0.4 is 0 Å². The van der Waals surface area contributed by atoms with Gasteiger partial charge in [0.1, 0.15) is 9.84 Å². The lowest BCUT2D eigenvalue weighted by atomic mass is 10.1. The summed E-state index contributed by atoms with van der Waals surface area (Å²) >= 11 is 0. The van der Waals surface area contributed by atoms with Gasteiger partial charge in [0.15, 0.2) is 5.03 Å². The van der Waals surface area contributed by atoms with E-state index in [1.807, 2.05) is 0 Å². The van der Waals surface area contributed by atoms with Crippen LogP contribution in [0.1, 0.15) is 12.8 Å². The molecule has 0 radical (unpaired) electrons. The van der Waals surface area contributed by atoms with Gasteiger partial charge in [-0.25, -0.2) is 21.8 Å². The molecule has 22 heavy (non-hydrogen) atoms. The Bertz CT molecular complexity index is 692. The first-order chi connectivity index (χ1) is 10.4. The number of sulfone groups is 1. The zero-order chi connectivity index (χ0) is 15.8. The second kappa shape index (κ2) is 5.91. The largest absolute Gasteiger partial charge is 0.335 e. The molecular weight excluding hydrogens is 328 g/mol. The van der Waals surface area contributed by atoms with Gasteiger partial charge in [0.05, 0.1) is 24.0 Å². The highest BCUT2D eigenvalue weighted by molar-refractivity contribution is 7.91. The monoisotopic (exact) mass is 348 g/mol. The van der Waals surface area contributed by atoms with Gasteiger partial charge in [-0.2, -0.15) is 4.31 Å².